The molecule has 1 rings (SSSR count). The molecule has 12 heteroatoms. The maximum Gasteiger partial charge on any atom is 0.407 e. The molecule has 0 radical (unpaired) electrons. The zero-order valence-corrected chi connectivity index (χ0v) is 13.0. The van der Waals surface area contributed by atoms with Crippen LogP contribution in [0, 0.1) is 12.3 Å². The minimum Gasteiger partial charge on any atom is -1.00 e. The highest BCUT2D eigenvalue weighted by Gasteiger charge is 2.37. The summed E-state index contributed by atoms with van der Waals surface area (Å²) in [6, 6.07) is 0.931. The van der Waals surface area contributed by atoms with E-state index in [4.69, 9.17) is 26.1 Å². The number of halogens is 2. The van der Waals surface area contributed by atoms with Gasteiger partial charge in [0.25, 0.3) is 10.1 Å². The molecule has 19 heavy (non-hydrogen) atoms. The van der Waals surface area contributed by atoms with Crippen LogP contribution in [-0.2, 0) is 20.2 Å². The second-order valence-corrected chi connectivity index (χ2v) is 6.33. The lowest BCUT2D eigenvalue weighted by Gasteiger charge is -2.06. The molecule has 106 valence electrons. The lowest BCUT2D eigenvalue weighted by atomic mass is 10.2. The Morgan fingerprint density at radius 3 is 1.89 bits per heavy atom. The first-order chi connectivity index (χ1) is 8.00. The van der Waals surface area contributed by atoms with Crippen molar-refractivity contribution in [3.63, 3.8) is 0 Å². The molecule has 0 unspecified atom stereocenters. The van der Waals surface area contributed by atoms with Gasteiger partial charge in [-0.25, -0.2) is 0 Å². The number of hydrogen-bond acceptors (Lipinski definition) is 5. The van der Waals surface area contributed by atoms with Crippen LogP contribution in [0.5, 0.6) is 0 Å². The zero-order valence-electron chi connectivity index (χ0n) is 9.07. The quantitative estimate of drug-likeness (QED) is 0.467. The monoisotopic (exact) mass is 392 g/mol. The van der Waals surface area contributed by atoms with Crippen LogP contribution in [0.2, 0.25) is 5.02 Å². The summed E-state index contributed by atoms with van der Waals surface area (Å²) in [7, 11) is -10.1. The summed E-state index contributed by atoms with van der Waals surface area (Å²) >= 11 is 5.58. The maximum atomic E-state index is 11.1. The van der Waals surface area contributed by atoms with Gasteiger partial charge in [-0.3, -0.25) is 9.11 Å². The molecular formula is C7H6BrClN2O6S2. The van der Waals surface area contributed by atoms with E-state index in [1.807, 2.05) is 0 Å². The first kappa shape index (κ1) is 18.2. The van der Waals surface area contributed by atoms with Crippen LogP contribution in [0.15, 0.2) is 15.9 Å². The van der Waals surface area contributed by atoms with Crippen molar-refractivity contribution in [2.75, 3.05) is 0 Å². The summed E-state index contributed by atoms with van der Waals surface area (Å²) in [5.41, 5.74) is -0.725. The molecule has 2 N–H and O–H groups in total. The van der Waals surface area contributed by atoms with E-state index in [0.29, 0.717) is 0 Å². The Bertz CT molecular complexity index is 768. The number of diazo groups is 1. The fraction of sp³-hybridized carbons (Fsp3) is 0.143. The number of hydrogen-bond donors (Lipinski definition) is 2. The van der Waals surface area contributed by atoms with Crippen LogP contribution < -0.4 is 17.0 Å². The first-order valence-electron chi connectivity index (χ1n) is 4.13. The number of nitrogens with zero attached hydrogens (tertiary/aromatic N) is 2. The van der Waals surface area contributed by atoms with Crippen LogP contribution in [-0.4, -0.2) is 25.9 Å². The predicted molar refractivity (Wildman–Crippen MR) is 60.6 cm³/mol. The van der Waals surface area contributed by atoms with Crippen molar-refractivity contribution in [1.29, 1.82) is 5.39 Å². The minimum atomic E-state index is -5.08. The minimum absolute atomic E-state index is 0. The molecule has 1 aromatic carbocycles. The average molecular weight is 394 g/mol. The average Bonchev–Trinajstić information content (AvgIpc) is 2.17. The van der Waals surface area contributed by atoms with Gasteiger partial charge in [-0.1, -0.05) is 11.6 Å². The van der Waals surface area contributed by atoms with Crippen LogP contribution >= 0.6 is 11.6 Å². The molecule has 0 spiro atoms. The van der Waals surface area contributed by atoms with E-state index in [9.17, 15) is 16.8 Å². The summed E-state index contributed by atoms with van der Waals surface area (Å²) in [6.07, 6.45) is 0. The van der Waals surface area contributed by atoms with E-state index < -0.39 is 40.7 Å². The number of benzene rings is 1. The molecule has 0 heterocycles. The van der Waals surface area contributed by atoms with Gasteiger partial charge in [0.05, 0.1) is 5.02 Å². The molecule has 0 aliphatic carbocycles. The van der Waals surface area contributed by atoms with Crippen LogP contribution in [0.3, 0.4) is 0 Å². The Morgan fingerprint density at radius 2 is 1.58 bits per heavy atom. The Kier molecular flexibility index (Phi) is 5.46. The normalized spacial score (nSPS) is 11.5. The SMILES string of the molecule is Cc1cc([N+]#N)c(S(=O)(=O)O)c(S(=O)(=O)O)c1Cl.[Br-]. The fourth-order valence-corrected chi connectivity index (χ4v) is 3.84. The molecule has 0 fully saturated rings. The lowest BCUT2D eigenvalue weighted by Crippen LogP contribution is -3.00. The number of rotatable bonds is 2. The van der Waals surface area contributed by atoms with Crippen LogP contribution in [0.1, 0.15) is 5.56 Å². The van der Waals surface area contributed by atoms with Crippen molar-refractivity contribution in [1.82, 2.24) is 0 Å². The first-order valence-corrected chi connectivity index (χ1v) is 7.39. The Morgan fingerprint density at radius 1 is 1.16 bits per heavy atom. The van der Waals surface area contributed by atoms with E-state index in [-0.39, 0.29) is 22.5 Å². The van der Waals surface area contributed by atoms with E-state index in [0.717, 1.165) is 6.07 Å². The van der Waals surface area contributed by atoms with Gasteiger partial charge in [0, 0.05) is 6.07 Å². The summed E-state index contributed by atoms with van der Waals surface area (Å²) < 4.78 is 62.3. The summed E-state index contributed by atoms with van der Waals surface area (Å²) in [6.45, 7) is 1.29. The van der Waals surface area contributed by atoms with Crippen molar-refractivity contribution >= 4 is 37.5 Å². The highest BCUT2D eigenvalue weighted by Crippen LogP contribution is 2.38. The second kappa shape index (κ2) is 5.70. The zero-order chi connectivity index (χ0) is 14.3. The summed E-state index contributed by atoms with van der Waals surface area (Å²) in [5, 5.41) is 8.02. The number of aryl methyl sites for hydroxylation is 1. The van der Waals surface area contributed by atoms with Crippen LogP contribution in [0.25, 0.3) is 4.98 Å². The molecule has 1 aromatic rings. The third kappa shape index (κ3) is 3.62. The van der Waals surface area contributed by atoms with Crippen molar-refractivity contribution in [3.05, 3.63) is 21.6 Å². The molecule has 0 atom stereocenters. The standard InChI is InChI=1S/C7H5ClN2O6S2.BrH/c1-3-2-4(10-9)6(17(11,12)13)7(5(3)8)18(14,15)16;/h2H,1H3,(H-,11,12,13,14,15,16);1H. The maximum absolute atomic E-state index is 11.1. The highest BCUT2D eigenvalue weighted by atomic mass is 79.9. The topological polar surface area (TPSA) is 137 Å². The second-order valence-electron chi connectivity index (χ2n) is 3.23. The van der Waals surface area contributed by atoms with Crippen molar-refractivity contribution in [3.8, 4) is 0 Å². The fourth-order valence-electron chi connectivity index (χ4n) is 1.28. The van der Waals surface area contributed by atoms with Gasteiger partial charge in [-0.2, -0.15) is 16.8 Å². The Balaban J connectivity index is 0.00000324. The Labute approximate surface area is 124 Å². The molecule has 0 saturated heterocycles. The molecule has 0 saturated carbocycles. The van der Waals surface area contributed by atoms with E-state index >= 15 is 0 Å². The molecule has 8 nitrogen and oxygen atoms in total. The predicted octanol–water partition coefficient (Wildman–Crippen LogP) is -1.37. The molecule has 0 aliphatic heterocycles. The van der Waals surface area contributed by atoms with Crippen LogP contribution in [0.4, 0.5) is 5.69 Å². The third-order valence-corrected chi connectivity index (χ3v) is 4.54. The van der Waals surface area contributed by atoms with Gasteiger partial charge in [0.1, 0.15) is 4.90 Å². The van der Waals surface area contributed by atoms with Crippen molar-refractivity contribution in [2.24, 2.45) is 0 Å². The smallest absolute Gasteiger partial charge is 0.407 e. The summed E-state index contributed by atoms with van der Waals surface area (Å²) in [5.74, 6) is 0. The van der Waals surface area contributed by atoms with Gasteiger partial charge in [0.15, 0.2) is 4.98 Å². The van der Waals surface area contributed by atoms with Gasteiger partial charge >= 0.3 is 15.8 Å². The third-order valence-electron chi connectivity index (χ3n) is 1.96. The highest BCUT2D eigenvalue weighted by molar-refractivity contribution is 7.89. The molecule has 0 bridgehead atoms. The van der Waals surface area contributed by atoms with Gasteiger partial charge < -0.3 is 17.0 Å². The van der Waals surface area contributed by atoms with E-state index in [1.54, 1.807) is 0 Å². The Hall–Kier alpha value is -0.770. The van der Waals surface area contributed by atoms with E-state index in [1.165, 1.54) is 6.92 Å². The molecule has 0 amide bonds. The van der Waals surface area contributed by atoms with Crippen molar-refractivity contribution < 1.29 is 42.9 Å². The van der Waals surface area contributed by atoms with E-state index in [2.05, 4.69) is 4.98 Å². The molecule has 0 aliphatic rings. The molecule has 0 aromatic heterocycles. The lowest BCUT2D eigenvalue weighted by molar-refractivity contribution is -0.0000121. The molecular weight excluding hydrogens is 388 g/mol. The van der Waals surface area contributed by atoms with Crippen molar-refractivity contribution in [2.45, 2.75) is 16.7 Å². The van der Waals surface area contributed by atoms with Gasteiger partial charge in [0.2, 0.25) is 10.3 Å². The summed E-state index contributed by atoms with van der Waals surface area (Å²) in [4.78, 5) is 0.0143. The van der Waals surface area contributed by atoms with Gasteiger partial charge in [-0.15, -0.1) is 0 Å². The van der Waals surface area contributed by atoms with Gasteiger partial charge in [-0.05, 0) is 12.5 Å². The largest absolute Gasteiger partial charge is 1.00 e.